The van der Waals surface area contributed by atoms with E-state index in [1.54, 1.807) is 24.8 Å². The molecular weight excluding hydrogens is 1360 g/mol. The van der Waals surface area contributed by atoms with Crippen LogP contribution in [0.3, 0.4) is 0 Å². The molecule has 16 rings (SSSR count). The zero-order chi connectivity index (χ0) is 64.5. The van der Waals surface area contributed by atoms with Crippen LogP contribution in [0.25, 0.3) is 65.2 Å². The van der Waals surface area contributed by atoms with Gasteiger partial charge in [-0.1, -0.05) is 168 Å². The van der Waals surface area contributed by atoms with E-state index in [1.165, 1.54) is 13.8 Å². The Morgan fingerprint density at radius 3 is 0.740 bits per heavy atom. The predicted molar refractivity (Wildman–Crippen MR) is 391 cm³/mol. The average molecular weight is 1420 g/mol. The number of carbonyl (C=O) groups excluding carboxylic acids is 2. The first kappa shape index (κ1) is 62.8. The van der Waals surface area contributed by atoms with E-state index in [0.717, 1.165) is 133 Å². The quantitative estimate of drug-likeness (QED) is 0.0595. The maximum atomic E-state index is 10.0. The van der Waals surface area contributed by atoms with Crippen molar-refractivity contribution in [1.82, 2.24) is 19.9 Å². The third-order valence-corrected chi connectivity index (χ3v) is 16.5. The monoisotopic (exact) mass is 1420 g/mol. The van der Waals surface area contributed by atoms with Crippen LogP contribution in [0, 0.1) is 12.1 Å². The largest absolute Gasteiger partial charge is 3.00 e. The Labute approximate surface area is 571 Å². The van der Waals surface area contributed by atoms with E-state index in [-0.39, 0.29) is 38.1 Å². The molecule has 16 aromatic rings. The number of para-hydroxylation sites is 8. The molecule has 0 unspecified atom stereocenters. The summed E-state index contributed by atoms with van der Waals surface area (Å²) in [4.78, 5) is 48.4. The molecule has 0 bridgehead atoms. The SMILES string of the molecule is CC(=O)CC(C)=O.[Ir+3].[c-]1cc(N(c2ccccc2)c2ccccc2)cc2c1c1nccnc1c1ccc(N(c3ccccc3)c3ccccc3)cc21.[c-]1cc(N(c2ccccc2)c2ccccc2)cc2c1c1nccnc1c1ccc(N(c3ccccc3)c3ccccc3)cc21. The molecule has 96 heavy (non-hydrogen) atoms. The fourth-order valence-corrected chi connectivity index (χ4v) is 12.4. The maximum absolute atomic E-state index is 10.0. The molecule has 0 spiro atoms. The second-order valence-electron chi connectivity index (χ2n) is 22.9. The molecule has 14 aromatic carbocycles. The van der Waals surface area contributed by atoms with Gasteiger partial charge in [0.25, 0.3) is 0 Å². The number of ketones is 2. The molecule has 10 nitrogen and oxygen atoms in total. The van der Waals surface area contributed by atoms with Gasteiger partial charge < -0.3 is 29.6 Å². The number of aromatic nitrogens is 4. The minimum atomic E-state index is -0.0625. The second kappa shape index (κ2) is 28.9. The van der Waals surface area contributed by atoms with Crippen molar-refractivity contribution in [3.8, 4) is 0 Å². The number of Topliss-reactive ketones (excluding diaryl/α,β-unsaturated/α-hetero) is 2. The third kappa shape index (κ3) is 13.2. The Bertz CT molecular complexity index is 4540. The van der Waals surface area contributed by atoms with Crippen LogP contribution in [0.15, 0.2) is 328 Å². The summed E-state index contributed by atoms with van der Waals surface area (Å²) in [5.74, 6) is -0.125. The molecule has 2 heterocycles. The Hall–Kier alpha value is -12.0. The van der Waals surface area contributed by atoms with Gasteiger partial charge in [-0.3, -0.25) is 19.6 Å². The first-order chi connectivity index (χ1) is 46.8. The molecule has 0 saturated heterocycles. The van der Waals surface area contributed by atoms with Gasteiger partial charge in [-0.25, -0.2) is 0 Å². The molecule has 0 amide bonds. The number of nitrogens with zero attached hydrogens (tertiary/aromatic N) is 8. The van der Waals surface area contributed by atoms with Crippen molar-refractivity contribution in [2.45, 2.75) is 20.3 Å². The van der Waals surface area contributed by atoms with E-state index in [2.05, 4.69) is 287 Å². The summed E-state index contributed by atoms with van der Waals surface area (Å²) in [7, 11) is 0. The second-order valence-corrected chi connectivity index (χ2v) is 22.9. The maximum Gasteiger partial charge on any atom is 3.00 e. The minimum Gasteiger partial charge on any atom is -0.352 e. The molecule has 0 fully saturated rings. The molecule has 0 atom stereocenters. The molecule has 0 N–H and O–H groups in total. The third-order valence-electron chi connectivity index (χ3n) is 16.5. The smallest absolute Gasteiger partial charge is 0.352 e. The van der Waals surface area contributed by atoms with Gasteiger partial charge in [-0.2, -0.15) is 0 Å². The summed E-state index contributed by atoms with van der Waals surface area (Å²) in [6, 6.07) is 113. The molecule has 0 saturated carbocycles. The number of rotatable bonds is 14. The van der Waals surface area contributed by atoms with Gasteiger partial charge in [-0.05, 0) is 168 Å². The summed E-state index contributed by atoms with van der Waals surface area (Å²) in [5, 5.41) is 8.37. The zero-order valence-electron chi connectivity index (χ0n) is 52.6. The van der Waals surface area contributed by atoms with Crippen LogP contribution in [-0.2, 0) is 29.7 Å². The number of anilines is 12. The number of fused-ring (bicyclic) bond motifs is 12. The summed E-state index contributed by atoms with van der Waals surface area (Å²) >= 11 is 0. The van der Waals surface area contributed by atoms with Gasteiger partial charge in [0.15, 0.2) is 0 Å². The molecule has 0 aliphatic heterocycles. The van der Waals surface area contributed by atoms with E-state index < -0.39 is 0 Å². The fraction of sp³-hybridized carbons (Fsp3) is 0.0353. The van der Waals surface area contributed by atoms with Crippen molar-refractivity contribution in [2.24, 2.45) is 0 Å². The van der Waals surface area contributed by atoms with Gasteiger partial charge in [-0.15, -0.1) is 47.2 Å². The average Bonchev–Trinajstić information content (AvgIpc) is 0.742. The van der Waals surface area contributed by atoms with Crippen LogP contribution in [0.4, 0.5) is 68.2 Å². The van der Waals surface area contributed by atoms with E-state index >= 15 is 0 Å². The van der Waals surface area contributed by atoms with Crippen molar-refractivity contribution >= 4 is 145 Å². The van der Waals surface area contributed by atoms with Crippen molar-refractivity contribution in [1.29, 1.82) is 0 Å². The topological polar surface area (TPSA) is 98.7 Å². The Morgan fingerprint density at radius 2 is 0.500 bits per heavy atom. The first-order valence-corrected chi connectivity index (χ1v) is 31.5. The Balaban J connectivity index is 0.000000157. The molecule has 0 aliphatic carbocycles. The molecule has 0 radical (unpaired) electrons. The minimum absolute atomic E-state index is 0. The Morgan fingerprint density at radius 1 is 0.271 bits per heavy atom. The molecule has 462 valence electrons. The first-order valence-electron chi connectivity index (χ1n) is 31.5. The van der Waals surface area contributed by atoms with Gasteiger partial charge in [0.2, 0.25) is 0 Å². The summed E-state index contributed by atoms with van der Waals surface area (Å²) in [5.41, 5.74) is 16.3. The fourth-order valence-electron chi connectivity index (χ4n) is 12.4. The van der Waals surface area contributed by atoms with Gasteiger partial charge in [0.1, 0.15) is 11.6 Å². The van der Waals surface area contributed by atoms with Crippen LogP contribution < -0.4 is 19.6 Å². The van der Waals surface area contributed by atoms with Crippen LogP contribution in [0.2, 0.25) is 0 Å². The summed E-state index contributed by atoms with van der Waals surface area (Å²) in [6.45, 7) is 2.81. The van der Waals surface area contributed by atoms with Crippen molar-refractivity contribution in [3.63, 3.8) is 0 Å². The van der Waals surface area contributed by atoms with E-state index in [4.69, 9.17) is 19.9 Å². The zero-order valence-corrected chi connectivity index (χ0v) is 55.0. The normalized spacial score (nSPS) is 10.9. The van der Waals surface area contributed by atoms with Gasteiger partial charge in [0.05, 0.1) is 17.5 Å². The molecule has 2 aromatic heterocycles. The van der Waals surface area contributed by atoms with E-state index in [9.17, 15) is 9.59 Å². The van der Waals surface area contributed by atoms with Crippen molar-refractivity contribution < 1.29 is 29.7 Å². The molecular formula is C85H62IrN8O2+. The van der Waals surface area contributed by atoms with Crippen molar-refractivity contribution in [2.75, 3.05) is 19.6 Å². The van der Waals surface area contributed by atoms with Crippen LogP contribution in [-0.4, -0.2) is 31.5 Å². The van der Waals surface area contributed by atoms with Crippen LogP contribution in [0.5, 0.6) is 0 Å². The van der Waals surface area contributed by atoms with Crippen LogP contribution >= 0.6 is 0 Å². The predicted octanol–water partition coefficient (Wildman–Crippen LogP) is 21.9. The van der Waals surface area contributed by atoms with Crippen molar-refractivity contribution in [3.05, 3.63) is 340 Å². The number of hydrogen-bond acceptors (Lipinski definition) is 10. The molecule has 11 heteroatoms. The molecule has 0 aliphatic rings. The standard InChI is InChI=1S/2C40H27N4.C5H8O2.Ir/c2*1-5-13-29(14-6-1)43(30-15-7-2-8-16-30)33-21-23-35-37(27-33)38-28-34(22-24-36(38)40-39(35)41-25-26-42-40)44(31-17-9-3-10-18-31)32-19-11-4-12-20-32;1-4(6)3-5(2)7;/h2*1-23,25-28H;3H2,1-2H3;/q2*-1;;+3. The van der Waals surface area contributed by atoms with Crippen LogP contribution in [0.1, 0.15) is 20.3 Å². The number of carbonyl (C=O) groups is 2. The number of hydrogen-bond donors (Lipinski definition) is 0. The van der Waals surface area contributed by atoms with Gasteiger partial charge in [0, 0.05) is 92.7 Å². The van der Waals surface area contributed by atoms with E-state index in [0.29, 0.717) is 0 Å². The van der Waals surface area contributed by atoms with E-state index in [1.807, 2.05) is 48.5 Å². The van der Waals surface area contributed by atoms with Gasteiger partial charge >= 0.3 is 20.1 Å². The number of benzene rings is 14. The summed E-state index contributed by atoms with van der Waals surface area (Å²) in [6.07, 6.45) is 7.14. The summed E-state index contributed by atoms with van der Waals surface area (Å²) < 4.78 is 0. The Kier molecular flexibility index (Phi) is 18.9.